The third kappa shape index (κ3) is 2.29. The highest BCUT2D eigenvalue weighted by atomic mass is 127. The Hall–Kier alpha value is 2.74. The normalized spacial score (nSPS) is 47.9. The van der Waals surface area contributed by atoms with Crippen molar-refractivity contribution in [2.24, 2.45) is 23.7 Å². The van der Waals surface area contributed by atoms with Crippen molar-refractivity contribution in [3.63, 3.8) is 0 Å². The van der Waals surface area contributed by atoms with Crippen LogP contribution >= 0.6 is 70.9 Å². The molecule has 0 nitrogen and oxygen atoms in total. The molecule has 7 heteroatoms. The predicted octanol–water partition coefficient (Wildman–Crippen LogP) is 4.94. The lowest BCUT2D eigenvalue weighted by Crippen LogP contribution is -2.27. The summed E-state index contributed by atoms with van der Waals surface area (Å²) in [6.45, 7) is 7.36. The fourth-order valence-electron chi connectivity index (χ4n) is 4.79. The maximum Gasteiger partial charge on any atom is 0.454 e. The van der Waals surface area contributed by atoms with Crippen molar-refractivity contribution in [2.45, 2.75) is 43.7 Å². The quantitative estimate of drug-likeness (QED) is 0.278. The lowest BCUT2D eigenvalue weighted by molar-refractivity contribution is 0.612. The monoisotopic (exact) mass is 524 g/mol. The molecule has 4 aliphatic rings. The van der Waals surface area contributed by atoms with Crippen LogP contribution < -0.4 is 0 Å². The van der Waals surface area contributed by atoms with Gasteiger partial charge < -0.3 is 0 Å². The van der Waals surface area contributed by atoms with Crippen LogP contribution in [0.1, 0.15) is 27.2 Å². The van der Waals surface area contributed by atoms with Gasteiger partial charge in [0.05, 0.1) is 34.9 Å². The van der Waals surface area contributed by atoms with Gasteiger partial charge in [0.25, 0.3) is 0 Å². The number of halogens is 3. The fraction of sp³-hybridized carbons (Fsp3) is 1.00. The van der Waals surface area contributed by atoms with Gasteiger partial charge in [0.15, 0.2) is 0 Å². The van der Waals surface area contributed by atoms with Crippen LogP contribution in [-0.4, -0.2) is 26.2 Å². The summed E-state index contributed by atoms with van der Waals surface area (Å²) in [7, 11) is -1.07. The third-order valence-electron chi connectivity index (χ3n) is 5.35. The van der Waals surface area contributed by atoms with Gasteiger partial charge in [0.1, 0.15) is 0 Å². The molecule has 4 bridgehead atoms. The Morgan fingerprint density at radius 3 is 2.11 bits per heavy atom. The predicted molar refractivity (Wildman–Crippen MR) is 108 cm³/mol. The summed E-state index contributed by atoms with van der Waals surface area (Å²) in [6.07, 6.45) is 1.52. The van der Waals surface area contributed by atoms with Crippen LogP contribution in [0.25, 0.3) is 0 Å². The molecule has 4 rings (SSSR count). The Morgan fingerprint density at radius 2 is 1.67 bits per heavy atom. The van der Waals surface area contributed by atoms with Crippen LogP contribution in [0.5, 0.6) is 0 Å². The number of hydrogen-bond acceptors (Lipinski definition) is 0. The maximum absolute atomic E-state index is 6.68. The molecule has 0 amide bonds. The molecule has 4 aliphatic carbocycles. The Labute approximate surface area is 146 Å². The molecule has 4 fully saturated rings. The van der Waals surface area contributed by atoms with Crippen molar-refractivity contribution in [1.82, 2.24) is 0 Å². The Balaban J connectivity index is 1.82. The molecule has 8 atom stereocenters. The van der Waals surface area contributed by atoms with E-state index >= 15 is 0 Å². The largest absolute Gasteiger partial charge is 0.454 e. The Kier molecular flexibility index (Phi) is 4.71. The van der Waals surface area contributed by atoms with E-state index in [9.17, 15) is 0 Å². The average molecular weight is 524 g/mol. The zero-order valence-corrected chi connectivity index (χ0v) is 18.0. The molecule has 0 aliphatic heterocycles. The van der Waals surface area contributed by atoms with Gasteiger partial charge in [-0.05, 0) is 40.9 Å². The minimum absolute atomic E-state index is 0.362. The molecule has 98 valence electrons. The van der Waals surface area contributed by atoms with Gasteiger partial charge in [-0.2, -0.15) is 0 Å². The van der Waals surface area contributed by atoms with Gasteiger partial charge in [-0.1, -0.05) is 44.7 Å². The van der Waals surface area contributed by atoms with Crippen LogP contribution in [0.3, 0.4) is 0 Å². The highest BCUT2D eigenvalue weighted by Gasteiger charge is 2.80. The third-order valence-corrected chi connectivity index (χ3v) is 16.7. The summed E-state index contributed by atoms with van der Waals surface area (Å²) in [4.78, 5) is 4.87. The van der Waals surface area contributed by atoms with Gasteiger partial charge >= 0.3 is 9.71 Å². The van der Waals surface area contributed by atoms with Gasteiger partial charge in [-0.3, -0.25) is 0 Å². The van der Waals surface area contributed by atoms with Crippen LogP contribution in [0.4, 0.5) is 0 Å². The Bertz CT molecular complexity index is 354. The zero-order valence-electron chi connectivity index (χ0n) is 11.0. The summed E-state index contributed by atoms with van der Waals surface area (Å²) in [5.74, 6) is 4.19. The van der Waals surface area contributed by atoms with Gasteiger partial charge in [0, 0.05) is 17.8 Å². The second kappa shape index (κ2) is 5.43. The van der Waals surface area contributed by atoms with E-state index in [0.29, 0.717) is 5.16 Å². The second-order valence-electron chi connectivity index (χ2n) is 7.08. The molecule has 0 heterocycles. The van der Waals surface area contributed by atoms with E-state index in [-0.39, 0.29) is 7.80 Å². The van der Waals surface area contributed by atoms with E-state index in [1.54, 1.807) is 0 Å². The van der Waals surface area contributed by atoms with Crippen LogP contribution in [0.15, 0.2) is 0 Å². The summed E-state index contributed by atoms with van der Waals surface area (Å²) in [5, 5.41) is 0.513. The van der Waals surface area contributed by atoms with Crippen molar-refractivity contribution in [2.75, 3.05) is 0 Å². The smallest absolute Gasteiger partial charge is 0.0930 e. The first kappa shape index (κ1) is 15.6. The molecule has 18 heavy (non-hydrogen) atoms. The molecule has 0 saturated heterocycles. The van der Waals surface area contributed by atoms with E-state index in [4.69, 9.17) is 11.2 Å². The summed E-state index contributed by atoms with van der Waals surface area (Å²) < 4.78 is 0. The highest BCUT2D eigenvalue weighted by molar-refractivity contribution is 14.1. The number of hydrogen-bond donors (Lipinski definition) is 0. The van der Waals surface area contributed by atoms with E-state index in [0.717, 1.165) is 35.0 Å². The molecular formula is C11H19B2ClI2P2+2. The van der Waals surface area contributed by atoms with E-state index in [1.165, 1.54) is 6.42 Å². The van der Waals surface area contributed by atoms with Crippen LogP contribution in [-0.2, 0) is 0 Å². The van der Waals surface area contributed by atoms with Crippen molar-refractivity contribution >= 4 is 80.7 Å². The molecule has 0 aromatic carbocycles. The second-order valence-corrected chi connectivity index (χ2v) is 17.1. The van der Waals surface area contributed by atoms with Gasteiger partial charge in [-0.25, -0.2) is 0 Å². The van der Waals surface area contributed by atoms with Crippen molar-refractivity contribution in [3.8, 4) is 0 Å². The van der Waals surface area contributed by atoms with Crippen molar-refractivity contribution in [3.05, 3.63) is 0 Å². The minimum Gasteiger partial charge on any atom is -0.0930 e. The first-order valence-electron chi connectivity index (χ1n) is 6.68. The Morgan fingerprint density at radius 1 is 1.06 bits per heavy atom. The summed E-state index contributed by atoms with van der Waals surface area (Å²) in [5.41, 5.74) is 1.95. The van der Waals surface area contributed by atoms with Crippen LogP contribution in [0.2, 0.25) is 0 Å². The van der Waals surface area contributed by atoms with Crippen LogP contribution in [0, 0.1) is 23.7 Å². The molecule has 2 radical (unpaired) electrons. The SMILES string of the molecule is CC(C)(C)[PH+]([B]I)C1C2CC3C(C31)C2[PH+](Cl)[B]I. The molecule has 0 aromatic heterocycles. The topological polar surface area (TPSA) is 0 Å². The first-order chi connectivity index (χ1) is 8.41. The summed E-state index contributed by atoms with van der Waals surface area (Å²) in [6, 6.07) is 0. The molecule has 0 N–H and O–H groups in total. The van der Waals surface area contributed by atoms with E-state index < -0.39 is 7.15 Å². The van der Waals surface area contributed by atoms with Crippen molar-refractivity contribution < 1.29 is 0 Å². The zero-order chi connectivity index (χ0) is 13.2. The number of rotatable bonds is 4. The lowest BCUT2D eigenvalue weighted by Gasteiger charge is -2.30. The molecular weight excluding hydrogens is 505 g/mol. The summed E-state index contributed by atoms with van der Waals surface area (Å²) >= 11 is 11.6. The molecule has 8 unspecified atom stereocenters. The standard InChI is InChI=1S/C11H19B2ClI2P2/c1-11(2,3)17(12-15)9-6-4-5-7(9)8(5)10(6)18(14)13-16/h5-10,17-18H,4H2,1-3H3/q+2. The van der Waals surface area contributed by atoms with Crippen molar-refractivity contribution in [1.29, 1.82) is 0 Å². The minimum atomic E-state index is -0.705. The van der Waals surface area contributed by atoms with Gasteiger partial charge in [0.2, 0.25) is 0 Å². The van der Waals surface area contributed by atoms with Gasteiger partial charge in [-0.15, -0.1) is 0 Å². The molecule has 4 saturated carbocycles. The molecule has 0 spiro atoms. The highest BCUT2D eigenvalue weighted by Crippen LogP contribution is 2.83. The van der Waals surface area contributed by atoms with E-state index in [2.05, 4.69) is 75.2 Å². The molecule has 0 aromatic rings. The lowest BCUT2D eigenvalue weighted by atomic mass is 10.1. The maximum atomic E-state index is 6.68. The fourth-order valence-corrected chi connectivity index (χ4v) is 16.1. The first-order valence-corrected chi connectivity index (χ1v) is 13.5. The average Bonchev–Trinajstić information content (AvgIpc) is 2.64. The van der Waals surface area contributed by atoms with E-state index in [1.807, 2.05) is 0 Å².